The Labute approximate surface area is 130 Å². The zero-order valence-electron chi connectivity index (χ0n) is 11.1. The number of benzene rings is 2. The van der Waals surface area contributed by atoms with E-state index in [9.17, 15) is 17.6 Å². The largest absolute Gasteiger partial charge is 0.293 e. The van der Waals surface area contributed by atoms with Crippen LogP contribution in [0.25, 0.3) is 0 Å². The van der Waals surface area contributed by atoms with E-state index in [0.717, 1.165) is 6.26 Å². The highest BCUT2D eigenvalue weighted by atomic mass is 79.9. The summed E-state index contributed by atoms with van der Waals surface area (Å²) in [4.78, 5) is 11.7. The molecule has 3 nitrogen and oxygen atoms in total. The van der Waals surface area contributed by atoms with Gasteiger partial charge in [0.25, 0.3) is 0 Å². The summed E-state index contributed by atoms with van der Waals surface area (Å²) in [6.07, 6.45) is 1.09. The summed E-state index contributed by atoms with van der Waals surface area (Å²) in [5.41, 5.74) is 0.677. The molecule has 0 bridgehead atoms. The van der Waals surface area contributed by atoms with Crippen molar-refractivity contribution in [2.75, 3.05) is 6.26 Å². The molecule has 1 atom stereocenters. The van der Waals surface area contributed by atoms with Gasteiger partial charge >= 0.3 is 0 Å². The Morgan fingerprint density at radius 2 is 1.67 bits per heavy atom. The third-order valence-corrected chi connectivity index (χ3v) is 5.03. The minimum Gasteiger partial charge on any atom is -0.293 e. The Hall–Kier alpha value is -1.53. The number of carbonyl (C=O) groups excluding carboxylic acids is 1. The molecular formula is C15H12BrFO3S. The fourth-order valence-electron chi connectivity index (χ4n) is 1.93. The summed E-state index contributed by atoms with van der Waals surface area (Å²) in [5.74, 6) is -0.764. The van der Waals surface area contributed by atoms with Crippen LogP contribution in [0.5, 0.6) is 0 Å². The molecule has 0 fully saturated rings. The van der Waals surface area contributed by atoms with Crippen molar-refractivity contribution in [3.05, 3.63) is 65.5 Å². The summed E-state index contributed by atoms with van der Waals surface area (Å²) >= 11 is 3.24. The number of alkyl halides is 1. The first-order chi connectivity index (χ1) is 9.80. The van der Waals surface area contributed by atoms with Crippen LogP contribution in [0.2, 0.25) is 0 Å². The monoisotopic (exact) mass is 370 g/mol. The van der Waals surface area contributed by atoms with E-state index in [2.05, 4.69) is 15.9 Å². The summed E-state index contributed by atoms with van der Waals surface area (Å²) in [7, 11) is -3.44. The Morgan fingerprint density at radius 1 is 1.10 bits per heavy atom. The van der Waals surface area contributed by atoms with Gasteiger partial charge < -0.3 is 0 Å². The summed E-state index contributed by atoms with van der Waals surface area (Å²) < 4.78 is 36.5. The molecule has 1 unspecified atom stereocenters. The molecule has 0 radical (unpaired) electrons. The van der Waals surface area contributed by atoms with Crippen LogP contribution in [0.4, 0.5) is 4.39 Å². The fourth-order valence-corrected chi connectivity index (χ4v) is 3.68. The Morgan fingerprint density at radius 3 is 2.24 bits per heavy atom. The average Bonchev–Trinajstić information content (AvgIpc) is 2.45. The summed E-state index contributed by atoms with van der Waals surface area (Å²) in [5, 5.41) is 0. The van der Waals surface area contributed by atoms with Gasteiger partial charge in [-0.25, -0.2) is 12.8 Å². The molecule has 0 saturated heterocycles. The van der Waals surface area contributed by atoms with E-state index in [4.69, 9.17) is 0 Å². The number of carbonyl (C=O) groups is 1. The number of rotatable bonds is 4. The maximum atomic E-state index is 12.9. The Balaban J connectivity index is 2.43. The summed E-state index contributed by atoms with van der Waals surface area (Å²) in [6, 6.07) is 11.4. The van der Waals surface area contributed by atoms with Crippen LogP contribution >= 0.6 is 15.9 Å². The van der Waals surface area contributed by atoms with Gasteiger partial charge in [0.05, 0.1) is 4.90 Å². The molecule has 6 heteroatoms. The summed E-state index contributed by atoms with van der Waals surface area (Å²) in [6.45, 7) is 0. The number of ketones is 1. The third-order valence-electron chi connectivity index (χ3n) is 2.95. The molecule has 0 aromatic heterocycles. The van der Waals surface area contributed by atoms with Crippen LogP contribution in [0.15, 0.2) is 53.4 Å². The lowest BCUT2D eigenvalue weighted by atomic mass is 10.0. The van der Waals surface area contributed by atoms with Crippen molar-refractivity contribution in [1.29, 1.82) is 0 Å². The van der Waals surface area contributed by atoms with Gasteiger partial charge in [0.2, 0.25) is 0 Å². The van der Waals surface area contributed by atoms with E-state index in [0.29, 0.717) is 11.1 Å². The minimum absolute atomic E-state index is 0.0994. The first kappa shape index (κ1) is 15.9. The second-order valence-electron chi connectivity index (χ2n) is 4.54. The topological polar surface area (TPSA) is 51.2 Å². The van der Waals surface area contributed by atoms with Gasteiger partial charge in [0.1, 0.15) is 10.6 Å². The van der Waals surface area contributed by atoms with Crippen molar-refractivity contribution >= 4 is 31.6 Å². The van der Waals surface area contributed by atoms with Crippen molar-refractivity contribution < 1.29 is 17.6 Å². The standard InChI is InChI=1S/C15H12BrFO3S/c1-21(19,20)13-5-3-2-4-12(13)14(16)15(18)10-6-8-11(17)9-7-10/h2-9,14H,1H3. The van der Waals surface area contributed by atoms with E-state index in [1.54, 1.807) is 18.2 Å². The molecule has 0 heterocycles. The van der Waals surface area contributed by atoms with Crippen LogP contribution in [-0.4, -0.2) is 20.5 Å². The Kier molecular flexibility index (Phi) is 4.58. The van der Waals surface area contributed by atoms with Gasteiger partial charge in [-0.15, -0.1) is 0 Å². The molecule has 2 aromatic carbocycles. The zero-order valence-corrected chi connectivity index (χ0v) is 13.5. The van der Waals surface area contributed by atoms with Crippen LogP contribution in [-0.2, 0) is 9.84 Å². The number of hydrogen-bond donors (Lipinski definition) is 0. The molecule has 0 aliphatic heterocycles. The molecular weight excluding hydrogens is 359 g/mol. The highest BCUT2D eigenvalue weighted by Gasteiger charge is 2.24. The number of hydrogen-bond acceptors (Lipinski definition) is 3. The number of halogens is 2. The number of sulfone groups is 1. The quantitative estimate of drug-likeness (QED) is 0.610. The minimum atomic E-state index is -3.44. The first-order valence-electron chi connectivity index (χ1n) is 6.03. The molecule has 110 valence electrons. The van der Waals surface area contributed by atoms with Crippen LogP contribution in [0, 0.1) is 5.82 Å². The molecule has 0 amide bonds. The van der Waals surface area contributed by atoms with E-state index in [-0.39, 0.29) is 10.7 Å². The van der Waals surface area contributed by atoms with Gasteiger partial charge in [-0.2, -0.15) is 0 Å². The normalized spacial score (nSPS) is 12.9. The molecule has 2 rings (SSSR count). The van der Waals surface area contributed by atoms with Gasteiger partial charge in [0.15, 0.2) is 15.6 Å². The van der Waals surface area contributed by atoms with Crippen molar-refractivity contribution in [3.63, 3.8) is 0 Å². The second kappa shape index (κ2) is 6.07. The lowest BCUT2D eigenvalue weighted by Crippen LogP contribution is -2.11. The molecule has 2 aromatic rings. The smallest absolute Gasteiger partial charge is 0.180 e. The van der Waals surface area contributed by atoms with Gasteiger partial charge in [0, 0.05) is 11.8 Å². The Bertz CT molecular complexity index is 770. The highest BCUT2D eigenvalue weighted by Crippen LogP contribution is 2.31. The van der Waals surface area contributed by atoms with E-state index in [1.165, 1.54) is 30.3 Å². The third kappa shape index (κ3) is 3.57. The first-order valence-corrected chi connectivity index (χ1v) is 8.84. The van der Waals surface area contributed by atoms with Gasteiger partial charge in [-0.3, -0.25) is 4.79 Å². The van der Waals surface area contributed by atoms with Crippen LogP contribution in [0.3, 0.4) is 0 Å². The van der Waals surface area contributed by atoms with Crippen molar-refractivity contribution in [2.24, 2.45) is 0 Å². The fraction of sp³-hybridized carbons (Fsp3) is 0.133. The number of Topliss-reactive ketones (excluding diaryl/α,β-unsaturated/α-hetero) is 1. The van der Waals surface area contributed by atoms with Crippen LogP contribution in [0.1, 0.15) is 20.7 Å². The molecule has 0 aliphatic carbocycles. The van der Waals surface area contributed by atoms with Crippen molar-refractivity contribution in [3.8, 4) is 0 Å². The van der Waals surface area contributed by atoms with Crippen LogP contribution < -0.4 is 0 Å². The highest BCUT2D eigenvalue weighted by molar-refractivity contribution is 9.09. The predicted molar refractivity (Wildman–Crippen MR) is 82.0 cm³/mol. The maximum Gasteiger partial charge on any atom is 0.180 e. The second-order valence-corrected chi connectivity index (χ2v) is 7.44. The molecule has 0 N–H and O–H groups in total. The van der Waals surface area contributed by atoms with E-state index >= 15 is 0 Å². The average molecular weight is 371 g/mol. The lowest BCUT2D eigenvalue weighted by Gasteiger charge is -2.13. The zero-order chi connectivity index (χ0) is 15.6. The van der Waals surface area contributed by atoms with Crippen molar-refractivity contribution in [2.45, 2.75) is 9.72 Å². The van der Waals surface area contributed by atoms with Gasteiger partial charge in [-0.05, 0) is 35.9 Å². The predicted octanol–water partition coefficient (Wildman–Crippen LogP) is 3.55. The molecule has 0 saturated carbocycles. The SMILES string of the molecule is CS(=O)(=O)c1ccccc1C(Br)C(=O)c1ccc(F)cc1. The maximum absolute atomic E-state index is 12.9. The molecule has 0 spiro atoms. The lowest BCUT2D eigenvalue weighted by molar-refractivity contribution is 0.0991. The van der Waals surface area contributed by atoms with Crippen molar-refractivity contribution in [1.82, 2.24) is 0 Å². The molecule has 0 aliphatic rings. The molecule has 21 heavy (non-hydrogen) atoms. The van der Waals surface area contributed by atoms with Gasteiger partial charge in [-0.1, -0.05) is 34.1 Å². The van der Waals surface area contributed by atoms with E-state index in [1.807, 2.05) is 0 Å². The van der Waals surface area contributed by atoms with E-state index < -0.39 is 20.5 Å².